The van der Waals surface area contributed by atoms with Gasteiger partial charge in [0.25, 0.3) is 0 Å². The van der Waals surface area contributed by atoms with Crippen molar-refractivity contribution in [2.75, 3.05) is 5.73 Å². The van der Waals surface area contributed by atoms with Crippen LogP contribution in [0.4, 0.5) is 5.69 Å². The molecule has 0 unspecified atom stereocenters. The number of fused-ring (bicyclic) bond motifs is 1. The first-order valence-corrected chi connectivity index (χ1v) is 5.70. The summed E-state index contributed by atoms with van der Waals surface area (Å²) in [5, 5.41) is 1.09. The molecular formula is C14H18N2. The molecule has 2 aromatic rings. The Kier molecular flexibility index (Phi) is 2.58. The summed E-state index contributed by atoms with van der Waals surface area (Å²) in [6.45, 7) is 8.36. The maximum absolute atomic E-state index is 6.19. The predicted octanol–water partition coefficient (Wildman–Crippen LogP) is 3.30. The molecule has 2 heteroatoms. The van der Waals surface area contributed by atoms with E-state index in [-0.39, 0.29) is 0 Å². The van der Waals surface area contributed by atoms with Crippen LogP contribution in [-0.2, 0) is 6.42 Å². The van der Waals surface area contributed by atoms with Gasteiger partial charge in [0.2, 0.25) is 0 Å². The largest absolute Gasteiger partial charge is 0.398 e. The van der Waals surface area contributed by atoms with Gasteiger partial charge < -0.3 is 5.73 Å². The SMILES string of the molecule is CCc1nc2c(C)cc(C)cc2c(N)c1C. The van der Waals surface area contributed by atoms with Gasteiger partial charge >= 0.3 is 0 Å². The number of rotatable bonds is 1. The number of pyridine rings is 1. The van der Waals surface area contributed by atoms with E-state index >= 15 is 0 Å². The number of nitrogens with two attached hydrogens (primary N) is 1. The normalized spacial score (nSPS) is 11.0. The highest BCUT2D eigenvalue weighted by atomic mass is 14.7. The molecule has 16 heavy (non-hydrogen) atoms. The topological polar surface area (TPSA) is 38.9 Å². The summed E-state index contributed by atoms with van der Waals surface area (Å²) >= 11 is 0. The molecule has 0 aliphatic rings. The number of aryl methyl sites for hydroxylation is 3. The van der Waals surface area contributed by atoms with E-state index in [4.69, 9.17) is 10.7 Å². The summed E-state index contributed by atoms with van der Waals surface area (Å²) in [4.78, 5) is 4.71. The van der Waals surface area contributed by atoms with Crippen LogP contribution in [-0.4, -0.2) is 4.98 Å². The molecule has 0 amide bonds. The maximum atomic E-state index is 6.19. The van der Waals surface area contributed by atoms with Crippen molar-refractivity contribution in [1.29, 1.82) is 0 Å². The van der Waals surface area contributed by atoms with Crippen LogP contribution < -0.4 is 5.73 Å². The lowest BCUT2D eigenvalue weighted by Gasteiger charge is -2.12. The summed E-state index contributed by atoms with van der Waals surface area (Å²) in [6, 6.07) is 4.28. The Morgan fingerprint density at radius 2 is 1.88 bits per heavy atom. The Bertz CT molecular complexity index is 556. The monoisotopic (exact) mass is 214 g/mol. The van der Waals surface area contributed by atoms with Crippen LogP contribution in [0.3, 0.4) is 0 Å². The zero-order valence-electron chi connectivity index (χ0n) is 10.4. The summed E-state index contributed by atoms with van der Waals surface area (Å²) < 4.78 is 0. The average molecular weight is 214 g/mol. The van der Waals surface area contributed by atoms with Crippen molar-refractivity contribution in [3.8, 4) is 0 Å². The van der Waals surface area contributed by atoms with E-state index in [0.717, 1.165) is 34.3 Å². The van der Waals surface area contributed by atoms with Crippen molar-refractivity contribution < 1.29 is 0 Å². The van der Waals surface area contributed by atoms with Crippen molar-refractivity contribution in [3.05, 3.63) is 34.5 Å². The third-order valence-corrected chi connectivity index (χ3v) is 3.15. The molecule has 0 saturated carbocycles. The molecule has 1 heterocycles. The Morgan fingerprint density at radius 1 is 1.19 bits per heavy atom. The van der Waals surface area contributed by atoms with Crippen molar-refractivity contribution in [3.63, 3.8) is 0 Å². The second-order valence-corrected chi connectivity index (χ2v) is 4.43. The van der Waals surface area contributed by atoms with E-state index < -0.39 is 0 Å². The van der Waals surface area contributed by atoms with Gasteiger partial charge in [0.15, 0.2) is 0 Å². The molecule has 0 spiro atoms. The van der Waals surface area contributed by atoms with Crippen LogP contribution in [0.25, 0.3) is 10.9 Å². The number of nitrogen functional groups attached to an aromatic ring is 1. The van der Waals surface area contributed by atoms with Crippen LogP contribution in [0, 0.1) is 20.8 Å². The molecule has 0 radical (unpaired) electrons. The molecule has 1 aromatic carbocycles. The fourth-order valence-electron chi connectivity index (χ4n) is 2.23. The highest BCUT2D eigenvalue weighted by Gasteiger charge is 2.10. The standard InChI is InChI=1S/C14H18N2/c1-5-12-10(4)13(15)11-7-8(2)6-9(3)14(11)16-12/h6-7H,5H2,1-4H3,(H2,15,16). The minimum atomic E-state index is 0.883. The minimum Gasteiger partial charge on any atom is -0.398 e. The molecule has 0 bridgehead atoms. The van der Waals surface area contributed by atoms with Crippen molar-refractivity contribution >= 4 is 16.6 Å². The smallest absolute Gasteiger partial charge is 0.0755 e. The van der Waals surface area contributed by atoms with Crippen LogP contribution in [0.2, 0.25) is 0 Å². The maximum Gasteiger partial charge on any atom is 0.0755 e. The first-order valence-electron chi connectivity index (χ1n) is 5.70. The zero-order chi connectivity index (χ0) is 11.9. The van der Waals surface area contributed by atoms with Crippen LogP contribution in [0.5, 0.6) is 0 Å². The highest BCUT2D eigenvalue weighted by molar-refractivity contribution is 5.94. The van der Waals surface area contributed by atoms with Crippen molar-refractivity contribution in [2.24, 2.45) is 0 Å². The third kappa shape index (κ3) is 1.54. The second kappa shape index (κ2) is 3.78. The molecular weight excluding hydrogens is 196 g/mol. The van der Waals surface area contributed by atoms with Crippen LogP contribution >= 0.6 is 0 Å². The van der Waals surface area contributed by atoms with E-state index in [2.05, 4.69) is 39.8 Å². The van der Waals surface area contributed by atoms with Gasteiger partial charge in [-0.15, -0.1) is 0 Å². The lowest BCUT2D eigenvalue weighted by molar-refractivity contribution is 1.03. The first-order chi connectivity index (χ1) is 7.54. The number of hydrogen-bond donors (Lipinski definition) is 1. The van der Waals surface area contributed by atoms with Gasteiger partial charge in [-0.2, -0.15) is 0 Å². The van der Waals surface area contributed by atoms with E-state index in [9.17, 15) is 0 Å². The number of hydrogen-bond acceptors (Lipinski definition) is 2. The molecule has 0 atom stereocenters. The van der Waals surface area contributed by atoms with E-state index in [0.29, 0.717) is 0 Å². The van der Waals surface area contributed by atoms with Crippen LogP contribution in [0.15, 0.2) is 12.1 Å². The second-order valence-electron chi connectivity index (χ2n) is 4.43. The fourth-order valence-corrected chi connectivity index (χ4v) is 2.23. The van der Waals surface area contributed by atoms with Gasteiger partial charge in [0, 0.05) is 16.8 Å². The average Bonchev–Trinajstić information content (AvgIpc) is 2.24. The molecule has 0 aliphatic heterocycles. The fraction of sp³-hybridized carbons (Fsp3) is 0.357. The molecule has 2 rings (SSSR count). The summed E-state index contributed by atoms with van der Waals surface area (Å²) in [5.41, 5.74) is 12.8. The number of anilines is 1. The Morgan fingerprint density at radius 3 is 2.50 bits per heavy atom. The van der Waals surface area contributed by atoms with E-state index in [1.807, 2.05) is 0 Å². The summed E-state index contributed by atoms with van der Waals surface area (Å²) in [6.07, 6.45) is 0.930. The molecule has 0 fully saturated rings. The lowest BCUT2D eigenvalue weighted by Crippen LogP contribution is -2.01. The van der Waals surface area contributed by atoms with E-state index in [1.165, 1.54) is 11.1 Å². The first kappa shape index (κ1) is 10.9. The van der Waals surface area contributed by atoms with Gasteiger partial charge in [-0.3, -0.25) is 4.98 Å². The number of aromatic nitrogens is 1. The molecule has 2 N–H and O–H groups in total. The minimum absolute atomic E-state index is 0.883. The number of nitrogens with zero attached hydrogens (tertiary/aromatic N) is 1. The zero-order valence-corrected chi connectivity index (χ0v) is 10.4. The highest BCUT2D eigenvalue weighted by Crippen LogP contribution is 2.28. The predicted molar refractivity (Wildman–Crippen MR) is 69.7 cm³/mol. The van der Waals surface area contributed by atoms with Gasteiger partial charge in [-0.05, 0) is 44.4 Å². The quantitative estimate of drug-likeness (QED) is 0.791. The Balaban J connectivity index is 2.92. The molecule has 0 saturated heterocycles. The summed E-state index contributed by atoms with van der Waals surface area (Å²) in [7, 11) is 0. The van der Waals surface area contributed by atoms with Gasteiger partial charge in [-0.1, -0.05) is 18.6 Å². The van der Waals surface area contributed by atoms with Gasteiger partial charge in [0.05, 0.1) is 5.52 Å². The molecule has 0 aliphatic carbocycles. The lowest BCUT2D eigenvalue weighted by atomic mass is 10.0. The van der Waals surface area contributed by atoms with Crippen LogP contribution in [0.1, 0.15) is 29.3 Å². The Labute approximate surface area is 96.5 Å². The van der Waals surface area contributed by atoms with E-state index in [1.54, 1.807) is 0 Å². The number of benzene rings is 1. The van der Waals surface area contributed by atoms with Gasteiger partial charge in [-0.25, -0.2) is 0 Å². The van der Waals surface area contributed by atoms with Crippen molar-refractivity contribution in [1.82, 2.24) is 4.98 Å². The third-order valence-electron chi connectivity index (χ3n) is 3.15. The summed E-state index contributed by atoms with van der Waals surface area (Å²) in [5.74, 6) is 0. The molecule has 2 nitrogen and oxygen atoms in total. The molecule has 1 aromatic heterocycles. The van der Waals surface area contributed by atoms with Crippen molar-refractivity contribution in [2.45, 2.75) is 34.1 Å². The molecule has 84 valence electrons. The Hall–Kier alpha value is -1.57. The van der Waals surface area contributed by atoms with Gasteiger partial charge in [0.1, 0.15) is 0 Å².